The highest BCUT2D eigenvalue weighted by Gasteiger charge is 2.26. The number of hydrogen-bond donors (Lipinski definition) is 4. The summed E-state index contributed by atoms with van der Waals surface area (Å²) in [6.45, 7) is 3.54. The molecule has 0 saturated carbocycles. The number of para-hydroxylation sites is 1. The van der Waals surface area contributed by atoms with Crippen molar-refractivity contribution in [3.63, 3.8) is 0 Å². The Hall–Kier alpha value is -3.66. The summed E-state index contributed by atoms with van der Waals surface area (Å²) in [7, 11) is 0. The van der Waals surface area contributed by atoms with Crippen LogP contribution in [0.1, 0.15) is 12.5 Å². The van der Waals surface area contributed by atoms with Gasteiger partial charge in [-0.3, -0.25) is 4.79 Å². The van der Waals surface area contributed by atoms with E-state index in [4.69, 9.17) is 18.0 Å². The standard InChI is InChI=1S/C25H28F2N6OS/c1-16(35)29-14-18(28)15-30-19-11-21(26)25(22(27)12-19)33-8-6-32(7-9-33)24(34)10-17-13-31-23-5-3-2-4-20(17)23/h2-5,11-13,15,30-31H,6-10,14,28H2,1H3,(H,29,35)/b18-15-. The highest BCUT2D eigenvalue weighted by molar-refractivity contribution is 7.80. The van der Waals surface area contributed by atoms with Crippen molar-refractivity contribution in [2.24, 2.45) is 5.73 Å². The SMILES string of the molecule is CC(=S)NC/C(N)=C/Nc1cc(F)c(N2CCN(C(=O)Cc3c[nH]c4ccccc34)CC2)c(F)c1. The fraction of sp³-hybridized carbons (Fsp3) is 0.280. The van der Waals surface area contributed by atoms with Crippen LogP contribution in [0.2, 0.25) is 0 Å². The molecular formula is C25H28F2N6OS. The number of carbonyl (C=O) groups excluding carboxylic acids is 1. The number of piperazine rings is 1. The summed E-state index contributed by atoms with van der Waals surface area (Å²) in [5, 5.41) is 6.74. The van der Waals surface area contributed by atoms with Gasteiger partial charge in [-0.05, 0) is 30.7 Å². The molecule has 35 heavy (non-hydrogen) atoms. The minimum Gasteiger partial charge on any atom is -0.399 e. The molecular weight excluding hydrogens is 470 g/mol. The normalized spacial score (nSPS) is 14.3. The number of benzene rings is 2. The van der Waals surface area contributed by atoms with Crippen molar-refractivity contribution < 1.29 is 13.6 Å². The number of aromatic nitrogens is 1. The minimum absolute atomic E-state index is 0.00223. The van der Waals surface area contributed by atoms with Gasteiger partial charge in [-0.2, -0.15) is 0 Å². The zero-order valence-corrected chi connectivity index (χ0v) is 20.2. The van der Waals surface area contributed by atoms with E-state index >= 15 is 0 Å². The van der Waals surface area contributed by atoms with Gasteiger partial charge in [-0.25, -0.2) is 8.78 Å². The number of rotatable bonds is 7. The van der Waals surface area contributed by atoms with E-state index in [1.807, 2.05) is 30.5 Å². The Bertz CT molecular complexity index is 1240. The van der Waals surface area contributed by atoms with Gasteiger partial charge in [-0.15, -0.1) is 0 Å². The predicted octanol–water partition coefficient (Wildman–Crippen LogP) is 3.49. The molecule has 0 unspecified atom stereocenters. The molecule has 4 rings (SSSR count). The molecule has 1 aliphatic heterocycles. The number of anilines is 2. The molecule has 1 aliphatic rings. The van der Waals surface area contributed by atoms with Gasteiger partial charge in [0.15, 0.2) is 11.6 Å². The summed E-state index contributed by atoms with van der Waals surface area (Å²) in [6.07, 6.45) is 3.61. The number of amides is 1. The van der Waals surface area contributed by atoms with Crippen LogP contribution in [0.4, 0.5) is 20.2 Å². The quantitative estimate of drug-likeness (QED) is 0.373. The summed E-state index contributed by atoms with van der Waals surface area (Å²) in [5.41, 5.74) is 8.37. The first-order chi connectivity index (χ1) is 16.8. The van der Waals surface area contributed by atoms with Crippen LogP contribution in [0.3, 0.4) is 0 Å². The van der Waals surface area contributed by atoms with E-state index in [1.165, 1.54) is 18.3 Å². The van der Waals surface area contributed by atoms with Gasteiger partial charge in [-0.1, -0.05) is 30.4 Å². The van der Waals surface area contributed by atoms with Gasteiger partial charge in [0.2, 0.25) is 5.91 Å². The van der Waals surface area contributed by atoms with Crippen molar-refractivity contribution in [1.82, 2.24) is 15.2 Å². The lowest BCUT2D eigenvalue weighted by Gasteiger charge is -2.36. The van der Waals surface area contributed by atoms with Crippen molar-refractivity contribution >= 4 is 45.4 Å². The fourth-order valence-corrected chi connectivity index (χ4v) is 4.21. The lowest BCUT2D eigenvalue weighted by molar-refractivity contribution is -0.130. The molecule has 184 valence electrons. The lowest BCUT2D eigenvalue weighted by atomic mass is 10.1. The number of fused-ring (bicyclic) bond motifs is 1. The van der Waals surface area contributed by atoms with Crippen LogP contribution in [0, 0.1) is 11.6 Å². The summed E-state index contributed by atoms with van der Waals surface area (Å²) in [4.78, 5) is 20.0. The van der Waals surface area contributed by atoms with E-state index in [0.717, 1.165) is 16.5 Å². The number of nitrogens with zero attached hydrogens (tertiary/aromatic N) is 2. The summed E-state index contributed by atoms with van der Waals surface area (Å²) in [6, 6.07) is 10.3. The zero-order chi connectivity index (χ0) is 24.9. The largest absolute Gasteiger partial charge is 0.399 e. The molecule has 0 aliphatic carbocycles. The maximum Gasteiger partial charge on any atom is 0.227 e. The van der Waals surface area contributed by atoms with Crippen LogP contribution >= 0.6 is 12.2 Å². The lowest BCUT2D eigenvalue weighted by Crippen LogP contribution is -2.49. The van der Waals surface area contributed by atoms with Crippen LogP contribution in [0.15, 0.2) is 54.5 Å². The molecule has 7 nitrogen and oxygen atoms in total. The molecule has 2 heterocycles. The minimum atomic E-state index is -0.675. The van der Waals surface area contributed by atoms with Crippen molar-refractivity contribution in [2.75, 3.05) is 42.9 Å². The number of halogens is 2. The predicted molar refractivity (Wildman–Crippen MR) is 139 cm³/mol. The molecule has 0 radical (unpaired) electrons. The smallest absolute Gasteiger partial charge is 0.227 e. The van der Waals surface area contributed by atoms with Crippen molar-refractivity contribution in [1.29, 1.82) is 0 Å². The van der Waals surface area contributed by atoms with Gasteiger partial charge in [0, 0.05) is 60.9 Å². The number of nitrogens with two attached hydrogens (primary N) is 1. The highest BCUT2D eigenvalue weighted by Crippen LogP contribution is 2.28. The second-order valence-electron chi connectivity index (χ2n) is 8.47. The van der Waals surface area contributed by atoms with Crippen molar-refractivity contribution in [3.05, 3.63) is 71.7 Å². The molecule has 1 aromatic heterocycles. The number of nitrogens with one attached hydrogen (secondary N) is 3. The van der Waals surface area contributed by atoms with Gasteiger partial charge >= 0.3 is 0 Å². The number of carbonyl (C=O) groups is 1. The number of thiocarbonyl (C=S) groups is 1. The van der Waals surface area contributed by atoms with Gasteiger partial charge in [0.05, 0.1) is 18.0 Å². The van der Waals surface area contributed by atoms with E-state index in [-0.39, 0.29) is 23.7 Å². The first-order valence-corrected chi connectivity index (χ1v) is 11.7. The Labute approximate surface area is 208 Å². The number of aromatic amines is 1. The maximum absolute atomic E-state index is 14.8. The van der Waals surface area contributed by atoms with Crippen LogP contribution in [-0.4, -0.2) is 53.5 Å². The second kappa shape index (κ2) is 10.7. The Morgan fingerprint density at radius 2 is 1.86 bits per heavy atom. The fourth-order valence-electron chi connectivity index (χ4n) is 4.14. The average molecular weight is 499 g/mol. The molecule has 3 aromatic rings. The summed E-state index contributed by atoms with van der Waals surface area (Å²) in [5.74, 6) is -1.35. The van der Waals surface area contributed by atoms with E-state index in [0.29, 0.717) is 43.4 Å². The van der Waals surface area contributed by atoms with Gasteiger partial charge < -0.3 is 31.2 Å². The van der Waals surface area contributed by atoms with Crippen LogP contribution in [0.5, 0.6) is 0 Å². The van der Waals surface area contributed by atoms with Gasteiger partial charge in [0.25, 0.3) is 0 Å². The average Bonchev–Trinajstić information content (AvgIpc) is 3.24. The third kappa shape index (κ3) is 5.89. The number of H-pyrrole nitrogens is 1. The van der Waals surface area contributed by atoms with Crippen LogP contribution < -0.4 is 21.3 Å². The number of hydrogen-bond acceptors (Lipinski definition) is 5. The van der Waals surface area contributed by atoms with E-state index in [2.05, 4.69) is 15.6 Å². The van der Waals surface area contributed by atoms with Crippen LogP contribution in [0.25, 0.3) is 10.9 Å². The topological polar surface area (TPSA) is 89.4 Å². The molecule has 0 bridgehead atoms. The van der Waals surface area contributed by atoms with Gasteiger partial charge in [0.1, 0.15) is 5.69 Å². The third-order valence-electron chi connectivity index (χ3n) is 5.95. The Balaban J connectivity index is 1.35. The molecule has 0 atom stereocenters. The molecule has 5 N–H and O–H groups in total. The van der Waals surface area contributed by atoms with Crippen molar-refractivity contribution in [3.8, 4) is 0 Å². The zero-order valence-electron chi connectivity index (χ0n) is 19.4. The van der Waals surface area contributed by atoms with Crippen LogP contribution in [-0.2, 0) is 11.2 Å². The Morgan fingerprint density at radius 1 is 1.17 bits per heavy atom. The van der Waals surface area contributed by atoms with E-state index in [1.54, 1.807) is 16.7 Å². The summed E-state index contributed by atoms with van der Waals surface area (Å²) < 4.78 is 29.7. The Morgan fingerprint density at radius 3 is 2.54 bits per heavy atom. The molecule has 1 amide bonds. The first-order valence-electron chi connectivity index (χ1n) is 11.3. The van der Waals surface area contributed by atoms with E-state index in [9.17, 15) is 13.6 Å². The second-order valence-corrected chi connectivity index (χ2v) is 9.08. The molecule has 2 aromatic carbocycles. The maximum atomic E-state index is 14.8. The first kappa shape index (κ1) is 24.5. The van der Waals surface area contributed by atoms with Crippen molar-refractivity contribution in [2.45, 2.75) is 13.3 Å². The van der Waals surface area contributed by atoms with E-state index < -0.39 is 11.6 Å². The molecule has 0 spiro atoms. The highest BCUT2D eigenvalue weighted by atomic mass is 32.1. The third-order valence-corrected chi connectivity index (χ3v) is 6.09. The molecule has 1 saturated heterocycles. The molecule has 10 heteroatoms. The monoisotopic (exact) mass is 498 g/mol. The summed E-state index contributed by atoms with van der Waals surface area (Å²) >= 11 is 4.92. The Kier molecular flexibility index (Phi) is 7.50. The molecule has 1 fully saturated rings.